The predicted molar refractivity (Wildman–Crippen MR) is 88.3 cm³/mol. The van der Waals surface area contributed by atoms with Gasteiger partial charge in [-0.25, -0.2) is 0 Å². The number of benzene rings is 1. The number of nitrogens with one attached hydrogen (secondary N) is 2. The molecule has 8 nitrogen and oxygen atoms in total. The number of carbonyl (C=O) groups is 1. The van der Waals surface area contributed by atoms with E-state index >= 15 is 0 Å². The molecule has 0 spiro atoms. The van der Waals surface area contributed by atoms with Crippen LogP contribution in [0, 0.1) is 0 Å². The molecule has 2 N–H and O–H groups in total. The van der Waals surface area contributed by atoms with Gasteiger partial charge in [0.25, 0.3) is 5.56 Å². The first-order chi connectivity index (χ1) is 12.2. The molecule has 0 radical (unpaired) electrons. The molecular formula is C17H16N4O4. The summed E-state index contributed by atoms with van der Waals surface area (Å²) in [7, 11) is 0. The monoisotopic (exact) mass is 340 g/mol. The third-order valence-electron chi connectivity index (χ3n) is 3.31. The first-order valence-electron chi connectivity index (χ1n) is 7.61. The van der Waals surface area contributed by atoms with Crippen molar-refractivity contribution in [2.75, 3.05) is 6.61 Å². The Morgan fingerprint density at radius 3 is 2.84 bits per heavy atom. The lowest BCUT2D eigenvalue weighted by Gasteiger charge is -2.04. The third kappa shape index (κ3) is 4.61. The smallest absolute Gasteiger partial charge is 0.259 e. The van der Waals surface area contributed by atoms with Crippen molar-refractivity contribution in [3.63, 3.8) is 0 Å². The maximum Gasteiger partial charge on any atom is 0.259 e. The molecule has 2 heterocycles. The van der Waals surface area contributed by atoms with Gasteiger partial charge in [-0.1, -0.05) is 35.5 Å². The van der Waals surface area contributed by atoms with Crippen LogP contribution in [0.3, 0.4) is 0 Å². The molecule has 128 valence electrons. The maximum absolute atomic E-state index is 11.8. The second kappa shape index (κ2) is 8.02. The van der Waals surface area contributed by atoms with Crippen LogP contribution < -0.4 is 10.9 Å². The lowest BCUT2D eigenvalue weighted by molar-refractivity contribution is -0.126. The molecule has 25 heavy (non-hydrogen) atoms. The van der Waals surface area contributed by atoms with Gasteiger partial charge in [-0.05, 0) is 17.7 Å². The normalized spacial score (nSPS) is 10.6. The number of aromatic nitrogens is 3. The molecule has 3 aromatic rings. The average molecular weight is 340 g/mol. The number of H-pyrrole nitrogens is 1. The van der Waals surface area contributed by atoms with E-state index in [1.807, 2.05) is 30.3 Å². The number of ether oxygens (including phenoxy) is 1. The van der Waals surface area contributed by atoms with E-state index < -0.39 is 0 Å². The average Bonchev–Trinajstić information content (AvgIpc) is 3.10. The highest BCUT2D eigenvalue weighted by atomic mass is 16.5. The Hall–Kier alpha value is -3.26. The Labute approximate surface area is 142 Å². The van der Waals surface area contributed by atoms with Crippen molar-refractivity contribution in [3.05, 3.63) is 70.5 Å². The summed E-state index contributed by atoms with van der Waals surface area (Å²) in [5.41, 5.74) is 0.980. The van der Waals surface area contributed by atoms with Gasteiger partial charge in [-0.3, -0.25) is 9.59 Å². The number of hydrogen-bond donors (Lipinski definition) is 2. The van der Waals surface area contributed by atoms with Gasteiger partial charge in [0.05, 0.1) is 18.7 Å². The van der Waals surface area contributed by atoms with Crippen LogP contribution in [0.1, 0.15) is 11.5 Å². The van der Waals surface area contributed by atoms with E-state index in [2.05, 4.69) is 20.4 Å². The third-order valence-corrected chi connectivity index (χ3v) is 3.31. The minimum atomic E-state index is -0.312. The van der Waals surface area contributed by atoms with Crippen LogP contribution in [-0.4, -0.2) is 27.6 Å². The van der Waals surface area contributed by atoms with Crippen LogP contribution in [-0.2, 0) is 22.7 Å². The fourth-order valence-corrected chi connectivity index (χ4v) is 2.09. The second-order valence-electron chi connectivity index (χ2n) is 5.18. The molecule has 2 aromatic heterocycles. The predicted octanol–water partition coefficient (Wildman–Crippen LogP) is 1.26. The summed E-state index contributed by atoms with van der Waals surface area (Å²) in [6.45, 7) is 0.343. The Bertz CT molecular complexity index is 889. The van der Waals surface area contributed by atoms with Crippen LogP contribution >= 0.6 is 0 Å². The number of carbonyl (C=O) groups excluding carboxylic acids is 1. The Morgan fingerprint density at radius 1 is 1.20 bits per heavy atom. The number of aromatic amines is 1. The highest BCUT2D eigenvalue weighted by Crippen LogP contribution is 2.09. The van der Waals surface area contributed by atoms with Crippen molar-refractivity contribution < 1.29 is 14.1 Å². The van der Waals surface area contributed by atoms with Gasteiger partial charge >= 0.3 is 0 Å². The summed E-state index contributed by atoms with van der Waals surface area (Å²) >= 11 is 0. The first kappa shape index (κ1) is 16.6. The van der Waals surface area contributed by atoms with Crippen molar-refractivity contribution in [2.24, 2.45) is 0 Å². The summed E-state index contributed by atoms with van der Waals surface area (Å²) in [4.78, 5) is 30.0. The summed E-state index contributed by atoms with van der Waals surface area (Å²) in [5.74, 6) is 0.0781. The zero-order valence-electron chi connectivity index (χ0n) is 13.3. The van der Waals surface area contributed by atoms with E-state index in [1.54, 1.807) is 12.1 Å². The van der Waals surface area contributed by atoms with Crippen LogP contribution in [0.4, 0.5) is 0 Å². The van der Waals surface area contributed by atoms with Gasteiger partial charge in [-0.15, -0.1) is 0 Å². The Kier molecular flexibility index (Phi) is 5.32. The van der Waals surface area contributed by atoms with E-state index in [0.717, 1.165) is 5.56 Å². The van der Waals surface area contributed by atoms with Crippen molar-refractivity contribution in [2.45, 2.75) is 13.2 Å². The molecule has 0 aliphatic heterocycles. The first-order valence-corrected chi connectivity index (χ1v) is 7.61. The number of amides is 1. The van der Waals surface area contributed by atoms with E-state index in [-0.39, 0.29) is 36.3 Å². The van der Waals surface area contributed by atoms with Gasteiger partial charge in [-0.2, -0.15) is 4.98 Å². The minimum absolute atomic E-state index is 0.0608. The molecule has 1 amide bonds. The topological polar surface area (TPSA) is 110 Å². The van der Waals surface area contributed by atoms with Crippen LogP contribution in [0.5, 0.6) is 0 Å². The lowest BCUT2D eigenvalue weighted by Crippen LogP contribution is -2.27. The van der Waals surface area contributed by atoms with Gasteiger partial charge in [0.1, 0.15) is 6.61 Å². The quantitative estimate of drug-likeness (QED) is 0.670. The molecule has 0 aliphatic rings. The number of nitrogens with zero attached hydrogens (tertiary/aromatic N) is 2. The molecule has 8 heteroatoms. The van der Waals surface area contributed by atoms with Gasteiger partial charge in [0.15, 0.2) is 0 Å². The van der Waals surface area contributed by atoms with Gasteiger partial charge in [0.2, 0.25) is 17.6 Å². The standard InChI is InChI=1S/C17H16N4O4/c22-14(11-24-10-12-5-2-1-3-6-12)19-9-15-20-16(21-25-15)13-7-4-8-18-17(13)23/h1-8H,9-11H2,(H,18,23)(H,19,22). The molecule has 0 saturated carbocycles. The minimum Gasteiger partial charge on any atom is -0.367 e. The Morgan fingerprint density at radius 2 is 2.04 bits per heavy atom. The van der Waals surface area contributed by atoms with Gasteiger partial charge < -0.3 is 19.6 Å². The molecule has 1 aromatic carbocycles. The number of rotatable bonds is 7. The largest absolute Gasteiger partial charge is 0.367 e. The van der Waals surface area contributed by atoms with E-state index in [9.17, 15) is 9.59 Å². The zero-order chi connectivity index (χ0) is 17.5. The van der Waals surface area contributed by atoms with E-state index in [0.29, 0.717) is 12.2 Å². The van der Waals surface area contributed by atoms with Crippen molar-refractivity contribution >= 4 is 5.91 Å². The summed E-state index contributed by atoms with van der Waals surface area (Å²) in [5, 5.41) is 6.36. The highest BCUT2D eigenvalue weighted by Gasteiger charge is 2.12. The van der Waals surface area contributed by atoms with Gasteiger partial charge in [0, 0.05) is 6.20 Å². The van der Waals surface area contributed by atoms with Crippen molar-refractivity contribution in [3.8, 4) is 11.4 Å². The number of pyridine rings is 1. The molecule has 0 bridgehead atoms. The number of hydrogen-bond acceptors (Lipinski definition) is 6. The van der Waals surface area contributed by atoms with Crippen LogP contribution in [0.15, 0.2) is 58.0 Å². The SMILES string of the molecule is O=C(COCc1ccccc1)NCc1nc(-c2ccc[nH]c2=O)no1. The molecule has 0 fully saturated rings. The van der Waals surface area contributed by atoms with Crippen molar-refractivity contribution in [1.29, 1.82) is 0 Å². The summed E-state index contributed by atoms with van der Waals surface area (Å²) < 4.78 is 10.4. The van der Waals surface area contributed by atoms with Crippen molar-refractivity contribution in [1.82, 2.24) is 20.4 Å². The maximum atomic E-state index is 11.8. The highest BCUT2D eigenvalue weighted by molar-refractivity contribution is 5.77. The molecular weight excluding hydrogens is 324 g/mol. The van der Waals surface area contributed by atoms with E-state index in [4.69, 9.17) is 9.26 Å². The van der Waals surface area contributed by atoms with Crippen LogP contribution in [0.25, 0.3) is 11.4 Å². The molecule has 0 unspecified atom stereocenters. The Balaban J connectivity index is 1.46. The molecule has 3 rings (SSSR count). The molecule has 0 saturated heterocycles. The fourth-order valence-electron chi connectivity index (χ4n) is 2.09. The second-order valence-corrected chi connectivity index (χ2v) is 5.18. The van der Waals surface area contributed by atoms with E-state index in [1.165, 1.54) is 6.20 Å². The zero-order valence-corrected chi connectivity index (χ0v) is 13.3. The molecule has 0 atom stereocenters. The molecule has 0 aliphatic carbocycles. The summed E-state index contributed by atoms with van der Waals surface area (Å²) in [6.07, 6.45) is 1.52. The summed E-state index contributed by atoms with van der Waals surface area (Å²) in [6, 6.07) is 12.8. The lowest BCUT2D eigenvalue weighted by atomic mass is 10.2. The van der Waals surface area contributed by atoms with Crippen LogP contribution in [0.2, 0.25) is 0 Å². The fraction of sp³-hybridized carbons (Fsp3) is 0.176.